The quantitative estimate of drug-likeness (QED) is 0.711. The molecule has 0 radical (unpaired) electrons. The van der Waals surface area contributed by atoms with Crippen LogP contribution >= 0.6 is 0 Å². The van der Waals surface area contributed by atoms with Crippen molar-refractivity contribution in [3.8, 4) is 0 Å². The monoisotopic (exact) mass is 176 g/mol. The Balaban J connectivity index is 2.63. The maximum atomic E-state index is 10.9. The molecule has 0 unspecified atom stereocenters. The van der Waals surface area contributed by atoms with Gasteiger partial charge in [0.25, 0.3) is 0 Å². The average molecular weight is 176 g/mol. The maximum absolute atomic E-state index is 10.9. The van der Waals surface area contributed by atoms with Gasteiger partial charge in [-0.3, -0.25) is 4.79 Å². The molecule has 1 N–H and O–H groups in total. The van der Waals surface area contributed by atoms with E-state index >= 15 is 0 Å². The molecule has 2 heteroatoms. The highest BCUT2D eigenvalue weighted by Gasteiger charge is 2.09. The van der Waals surface area contributed by atoms with Crippen LogP contribution in [-0.4, -0.2) is 10.9 Å². The molecule has 1 aromatic carbocycles. The summed E-state index contributed by atoms with van der Waals surface area (Å²) in [7, 11) is 0. The lowest BCUT2D eigenvalue weighted by Gasteiger charge is -2.07. The van der Waals surface area contributed by atoms with Crippen molar-refractivity contribution in [2.45, 2.75) is 12.5 Å². The van der Waals surface area contributed by atoms with E-state index in [1.165, 1.54) is 6.08 Å². The molecule has 0 saturated heterocycles. The van der Waals surface area contributed by atoms with Gasteiger partial charge in [0.2, 0.25) is 0 Å². The summed E-state index contributed by atoms with van der Waals surface area (Å²) in [5.41, 5.74) is 0.762. The summed E-state index contributed by atoms with van der Waals surface area (Å²) in [4.78, 5) is 10.9. The number of benzene rings is 1. The van der Waals surface area contributed by atoms with Crippen LogP contribution < -0.4 is 0 Å². The summed E-state index contributed by atoms with van der Waals surface area (Å²) < 4.78 is 0. The van der Waals surface area contributed by atoms with Crippen molar-refractivity contribution in [3.05, 3.63) is 48.6 Å². The van der Waals surface area contributed by atoms with Gasteiger partial charge >= 0.3 is 0 Å². The van der Waals surface area contributed by atoms with Gasteiger partial charge in [0.1, 0.15) is 0 Å². The van der Waals surface area contributed by atoms with Crippen LogP contribution in [0, 0.1) is 0 Å². The molecular weight excluding hydrogens is 164 g/mol. The summed E-state index contributed by atoms with van der Waals surface area (Å²) in [5.74, 6) is -0.142. The number of rotatable bonds is 4. The Kier molecular flexibility index (Phi) is 3.41. The van der Waals surface area contributed by atoms with E-state index in [9.17, 15) is 9.90 Å². The first kappa shape index (κ1) is 9.68. The SMILES string of the molecule is C=CC(=O)C[C@@H](O)c1ccccc1. The average Bonchev–Trinajstić information content (AvgIpc) is 2.19. The molecule has 68 valence electrons. The summed E-state index contributed by atoms with van der Waals surface area (Å²) in [6, 6.07) is 9.11. The first-order valence-electron chi connectivity index (χ1n) is 4.12. The molecule has 1 rings (SSSR count). The van der Waals surface area contributed by atoms with E-state index in [1.54, 1.807) is 12.1 Å². The lowest BCUT2D eigenvalue weighted by molar-refractivity contribution is -0.116. The molecule has 0 aliphatic carbocycles. The lowest BCUT2D eigenvalue weighted by Crippen LogP contribution is -2.03. The van der Waals surface area contributed by atoms with Crippen LogP contribution in [0.25, 0.3) is 0 Å². The van der Waals surface area contributed by atoms with Crippen molar-refractivity contribution >= 4 is 5.78 Å². The van der Waals surface area contributed by atoms with Gasteiger partial charge in [0.05, 0.1) is 6.10 Å². The first-order chi connectivity index (χ1) is 6.24. The predicted molar refractivity (Wildman–Crippen MR) is 51.2 cm³/mol. The highest BCUT2D eigenvalue weighted by Crippen LogP contribution is 2.15. The van der Waals surface area contributed by atoms with Gasteiger partial charge in [-0.2, -0.15) is 0 Å². The van der Waals surface area contributed by atoms with E-state index in [-0.39, 0.29) is 12.2 Å². The summed E-state index contributed by atoms with van der Waals surface area (Å²) in [6.45, 7) is 3.35. The molecule has 0 spiro atoms. The zero-order chi connectivity index (χ0) is 9.68. The highest BCUT2D eigenvalue weighted by atomic mass is 16.3. The fourth-order valence-electron chi connectivity index (χ4n) is 1.07. The van der Waals surface area contributed by atoms with Gasteiger partial charge in [0, 0.05) is 6.42 Å². The van der Waals surface area contributed by atoms with Gasteiger partial charge in [-0.05, 0) is 11.6 Å². The fraction of sp³-hybridized carbons (Fsp3) is 0.182. The van der Waals surface area contributed by atoms with E-state index < -0.39 is 6.10 Å². The normalized spacial score (nSPS) is 12.1. The number of carbonyl (C=O) groups is 1. The summed E-state index contributed by atoms with van der Waals surface area (Å²) in [6.07, 6.45) is 0.617. The molecule has 0 amide bonds. The van der Waals surface area contributed by atoms with Crippen LogP contribution in [0.5, 0.6) is 0 Å². The molecule has 0 heterocycles. The number of ketones is 1. The molecule has 0 fully saturated rings. The zero-order valence-corrected chi connectivity index (χ0v) is 7.31. The van der Waals surface area contributed by atoms with Crippen molar-refractivity contribution in [2.75, 3.05) is 0 Å². The van der Waals surface area contributed by atoms with Crippen LogP contribution in [0.3, 0.4) is 0 Å². The van der Waals surface area contributed by atoms with Crippen LogP contribution in [0.1, 0.15) is 18.1 Å². The van der Waals surface area contributed by atoms with Crippen LogP contribution in [0.15, 0.2) is 43.0 Å². The summed E-state index contributed by atoms with van der Waals surface area (Å²) >= 11 is 0. The predicted octanol–water partition coefficient (Wildman–Crippen LogP) is 1.87. The zero-order valence-electron chi connectivity index (χ0n) is 7.31. The molecule has 13 heavy (non-hydrogen) atoms. The molecule has 0 aliphatic rings. The van der Waals surface area contributed by atoms with Crippen molar-refractivity contribution < 1.29 is 9.90 Å². The molecule has 0 aromatic heterocycles. The number of aliphatic hydroxyl groups excluding tert-OH is 1. The van der Waals surface area contributed by atoms with Crippen molar-refractivity contribution in [3.63, 3.8) is 0 Å². The van der Waals surface area contributed by atoms with Gasteiger partial charge in [-0.1, -0.05) is 36.9 Å². The smallest absolute Gasteiger partial charge is 0.158 e. The molecule has 0 saturated carbocycles. The Morgan fingerprint density at radius 2 is 2.08 bits per heavy atom. The number of hydrogen-bond donors (Lipinski definition) is 1. The third kappa shape index (κ3) is 2.84. The lowest BCUT2D eigenvalue weighted by atomic mass is 10.0. The molecule has 1 atom stereocenters. The second kappa shape index (κ2) is 4.58. The Bertz CT molecular complexity index is 290. The number of aliphatic hydroxyl groups is 1. The van der Waals surface area contributed by atoms with Gasteiger partial charge in [-0.25, -0.2) is 0 Å². The van der Waals surface area contributed by atoms with Gasteiger partial charge in [-0.15, -0.1) is 0 Å². The summed E-state index contributed by atoms with van der Waals surface area (Å²) in [5, 5.41) is 9.55. The Morgan fingerprint density at radius 1 is 1.46 bits per heavy atom. The second-order valence-electron chi connectivity index (χ2n) is 2.80. The number of hydrogen-bond acceptors (Lipinski definition) is 2. The minimum absolute atomic E-state index is 0.105. The molecule has 1 aromatic rings. The Morgan fingerprint density at radius 3 is 2.62 bits per heavy atom. The van der Waals surface area contributed by atoms with E-state index in [0.29, 0.717) is 0 Å². The maximum Gasteiger partial charge on any atom is 0.158 e. The fourth-order valence-corrected chi connectivity index (χ4v) is 1.07. The van der Waals surface area contributed by atoms with Gasteiger partial charge in [0.15, 0.2) is 5.78 Å². The molecular formula is C11H12O2. The minimum Gasteiger partial charge on any atom is -0.388 e. The largest absolute Gasteiger partial charge is 0.388 e. The number of carbonyl (C=O) groups excluding carboxylic acids is 1. The van der Waals surface area contributed by atoms with Crippen molar-refractivity contribution in [1.29, 1.82) is 0 Å². The third-order valence-corrected chi connectivity index (χ3v) is 1.81. The van der Waals surface area contributed by atoms with Crippen LogP contribution in [0.2, 0.25) is 0 Å². The highest BCUT2D eigenvalue weighted by molar-refractivity contribution is 5.89. The van der Waals surface area contributed by atoms with Crippen molar-refractivity contribution in [1.82, 2.24) is 0 Å². The third-order valence-electron chi connectivity index (χ3n) is 1.81. The van der Waals surface area contributed by atoms with Crippen LogP contribution in [0.4, 0.5) is 0 Å². The second-order valence-corrected chi connectivity index (χ2v) is 2.80. The van der Waals surface area contributed by atoms with E-state index in [1.807, 2.05) is 18.2 Å². The molecule has 2 nitrogen and oxygen atoms in total. The van der Waals surface area contributed by atoms with Crippen LogP contribution in [-0.2, 0) is 4.79 Å². The van der Waals surface area contributed by atoms with Gasteiger partial charge < -0.3 is 5.11 Å². The standard InChI is InChI=1S/C11H12O2/c1-2-10(12)8-11(13)9-6-4-3-5-7-9/h2-7,11,13H,1,8H2/t11-/m1/s1. The molecule has 0 aliphatic heterocycles. The first-order valence-corrected chi connectivity index (χ1v) is 4.12. The number of allylic oxidation sites excluding steroid dienone is 1. The molecule has 0 bridgehead atoms. The minimum atomic E-state index is -0.716. The Labute approximate surface area is 77.5 Å². The van der Waals surface area contributed by atoms with E-state index in [4.69, 9.17) is 0 Å². The topological polar surface area (TPSA) is 37.3 Å². The Hall–Kier alpha value is -1.41. The van der Waals surface area contributed by atoms with Crippen molar-refractivity contribution in [2.24, 2.45) is 0 Å². The van der Waals surface area contributed by atoms with E-state index in [0.717, 1.165) is 5.56 Å². The van der Waals surface area contributed by atoms with E-state index in [2.05, 4.69) is 6.58 Å².